The molecule has 0 unspecified atom stereocenters. The molecule has 2 rings (SSSR count). The van der Waals surface area contributed by atoms with Gasteiger partial charge < -0.3 is 5.32 Å². The molecule has 1 heterocycles. The number of halogens is 2. The minimum atomic E-state index is -0.171. The number of hydrogen-bond donors (Lipinski definition) is 1. The van der Waals surface area contributed by atoms with E-state index in [1.165, 1.54) is 0 Å². The molecule has 0 saturated heterocycles. The Morgan fingerprint density at radius 3 is 2.84 bits per heavy atom. The SMILES string of the molecule is Cc1ccc(CNC(=O)c2cc(Cl)ccc2Br)cn1. The highest BCUT2D eigenvalue weighted by Gasteiger charge is 2.10. The van der Waals surface area contributed by atoms with Crippen LogP contribution in [0.1, 0.15) is 21.6 Å². The van der Waals surface area contributed by atoms with E-state index in [9.17, 15) is 4.79 Å². The number of carbonyl (C=O) groups is 1. The van der Waals surface area contributed by atoms with Crippen LogP contribution in [0.4, 0.5) is 0 Å². The van der Waals surface area contributed by atoms with Crippen LogP contribution in [0.25, 0.3) is 0 Å². The lowest BCUT2D eigenvalue weighted by atomic mass is 10.2. The number of aromatic nitrogens is 1. The predicted molar refractivity (Wildman–Crippen MR) is 79.3 cm³/mol. The van der Waals surface area contributed by atoms with Gasteiger partial charge in [-0.25, -0.2) is 0 Å². The standard InChI is InChI=1S/C14H12BrClN2O/c1-9-2-3-10(7-17-9)8-18-14(19)12-6-11(16)4-5-13(12)15/h2-7H,8H2,1H3,(H,18,19). The van der Waals surface area contributed by atoms with Gasteiger partial charge in [0.25, 0.3) is 5.91 Å². The summed E-state index contributed by atoms with van der Waals surface area (Å²) in [5, 5.41) is 3.37. The van der Waals surface area contributed by atoms with Crippen molar-refractivity contribution in [3.8, 4) is 0 Å². The molecule has 3 nitrogen and oxygen atoms in total. The number of pyridine rings is 1. The van der Waals surface area contributed by atoms with Gasteiger partial charge in [-0.2, -0.15) is 0 Å². The molecule has 0 aliphatic heterocycles. The van der Waals surface area contributed by atoms with E-state index in [1.807, 2.05) is 19.1 Å². The summed E-state index contributed by atoms with van der Waals surface area (Å²) in [6.45, 7) is 2.36. The Kier molecular flexibility index (Phi) is 4.56. The molecule has 0 bridgehead atoms. The van der Waals surface area contributed by atoms with Crippen molar-refractivity contribution in [2.45, 2.75) is 13.5 Å². The number of nitrogens with one attached hydrogen (secondary N) is 1. The molecule has 0 saturated carbocycles. The van der Waals surface area contributed by atoms with Gasteiger partial charge in [-0.3, -0.25) is 9.78 Å². The molecule has 1 aromatic carbocycles. The number of carbonyl (C=O) groups excluding carboxylic acids is 1. The second-order valence-corrected chi connectivity index (χ2v) is 5.41. The van der Waals surface area contributed by atoms with E-state index in [0.717, 1.165) is 15.7 Å². The van der Waals surface area contributed by atoms with Gasteiger partial charge in [-0.05, 0) is 52.7 Å². The zero-order chi connectivity index (χ0) is 13.8. The quantitative estimate of drug-likeness (QED) is 0.925. The molecule has 0 atom stereocenters. The largest absolute Gasteiger partial charge is 0.348 e. The van der Waals surface area contributed by atoms with Gasteiger partial charge in [0.1, 0.15) is 0 Å². The number of nitrogens with zero attached hydrogens (tertiary/aromatic N) is 1. The number of benzene rings is 1. The molecule has 0 fully saturated rings. The molecule has 98 valence electrons. The highest BCUT2D eigenvalue weighted by molar-refractivity contribution is 9.10. The zero-order valence-corrected chi connectivity index (χ0v) is 12.6. The van der Waals surface area contributed by atoms with Crippen LogP contribution in [-0.4, -0.2) is 10.9 Å². The fraction of sp³-hybridized carbons (Fsp3) is 0.143. The molecule has 1 aromatic heterocycles. The second kappa shape index (κ2) is 6.17. The number of rotatable bonds is 3. The normalized spacial score (nSPS) is 10.3. The highest BCUT2D eigenvalue weighted by atomic mass is 79.9. The van der Waals surface area contributed by atoms with E-state index < -0.39 is 0 Å². The van der Waals surface area contributed by atoms with Crippen molar-refractivity contribution in [2.75, 3.05) is 0 Å². The summed E-state index contributed by atoms with van der Waals surface area (Å²) in [4.78, 5) is 16.2. The van der Waals surface area contributed by atoms with Crippen LogP contribution in [0.15, 0.2) is 41.0 Å². The maximum absolute atomic E-state index is 12.0. The number of amides is 1. The Labute approximate surface area is 125 Å². The minimum Gasteiger partial charge on any atom is -0.348 e. The van der Waals surface area contributed by atoms with Crippen LogP contribution in [0.2, 0.25) is 5.02 Å². The van der Waals surface area contributed by atoms with Gasteiger partial charge in [-0.1, -0.05) is 17.7 Å². The maximum atomic E-state index is 12.0. The summed E-state index contributed by atoms with van der Waals surface area (Å²) in [7, 11) is 0. The van der Waals surface area contributed by atoms with Gasteiger partial charge in [0.15, 0.2) is 0 Å². The Hall–Kier alpha value is -1.39. The summed E-state index contributed by atoms with van der Waals surface area (Å²) in [6, 6.07) is 8.97. The topological polar surface area (TPSA) is 42.0 Å². The van der Waals surface area contributed by atoms with Crippen molar-refractivity contribution in [1.29, 1.82) is 0 Å². The predicted octanol–water partition coefficient (Wildman–Crippen LogP) is 3.74. The van der Waals surface area contributed by atoms with Gasteiger partial charge in [0.2, 0.25) is 0 Å². The molecule has 19 heavy (non-hydrogen) atoms. The molecule has 0 aliphatic carbocycles. The van der Waals surface area contributed by atoms with Crippen LogP contribution in [0.3, 0.4) is 0 Å². The molecule has 2 aromatic rings. The van der Waals surface area contributed by atoms with Gasteiger partial charge in [0.05, 0.1) is 5.56 Å². The molecule has 1 N–H and O–H groups in total. The molecule has 5 heteroatoms. The Balaban J connectivity index is 2.05. The van der Waals surface area contributed by atoms with Crippen LogP contribution in [0, 0.1) is 6.92 Å². The van der Waals surface area contributed by atoms with Crippen LogP contribution < -0.4 is 5.32 Å². The molecular formula is C14H12BrClN2O. The first kappa shape index (κ1) is 14.0. The third kappa shape index (κ3) is 3.78. The van der Waals surface area contributed by atoms with E-state index in [4.69, 9.17) is 11.6 Å². The summed E-state index contributed by atoms with van der Waals surface area (Å²) < 4.78 is 0.719. The summed E-state index contributed by atoms with van der Waals surface area (Å²) >= 11 is 9.22. The van der Waals surface area contributed by atoms with Gasteiger partial charge >= 0.3 is 0 Å². The summed E-state index contributed by atoms with van der Waals surface area (Å²) in [5.74, 6) is -0.171. The van der Waals surface area contributed by atoms with Crippen LogP contribution >= 0.6 is 27.5 Å². The average molecular weight is 340 g/mol. The van der Waals surface area contributed by atoms with E-state index in [1.54, 1.807) is 24.4 Å². The first-order chi connectivity index (χ1) is 9.06. The van der Waals surface area contributed by atoms with Crippen LogP contribution in [-0.2, 0) is 6.54 Å². The molecule has 0 aliphatic rings. The Bertz CT molecular complexity index is 599. The lowest BCUT2D eigenvalue weighted by Crippen LogP contribution is -2.23. The van der Waals surface area contributed by atoms with Gasteiger partial charge in [-0.15, -0.1) is 0 Å². The zero-order valence-electron chi connectivity index (χ0n) is 10.3. The smallest absolute Gasteiger partial charge is 0.252 e. The van der Waals surface area contributed by atoms with Crippen molar-refractivity contribution < 1.29 is 4.79 Å². The lowest BCUT2D eigenvalue weighted by Gasteiger charge is -2.07. The first-order valence-corrected chi connectivity index (χ1v) is 6.88. The minimum absolute atomic E-state index is 0.171. The maximum Gasteiger partial charge on any atom is 0.252 e. The third-order valence-electron chi connectivity index (χ3n) is 2.60. The third-order valence-corrected chi connectivity index (χ3v) is 3.53. The van der Waals surface area contributed by atoms with Crippen molar-refractivity contribution >= 4 is 33.4 Å². The lowest BCUT2D eigenvalue weighted by molar-refractivity contribution is 0.0950. The number of hydrogen-bond acceptors (Lipinski definition) is 2. The van der Waals surface area contributed by atoms with E-state index >= 15 is 0 Å². The summed E-state index contributed by atoms with van der Waals surface area (Å²) in [6.07, 6.45) is 1.75. The van der Waals surface area contributed by atoms with Crippen LogP contribution in [0.5, 0.6) is 0 Å². The fourth-order valence-electron chi connectivity index (χ4n) is 1.55. The van der Waals surface area contributed by atoms with Crippen molar-refractivity contribution in [2.24, 2.45) is 0 Å². The van der Waals surface area contributed by atoms with E-state index in [2.05, 4.69) is 26.2 Å². The highest BCUT2D eigenvalue weighted by Crippen LogP contribution is 2.21. The molecular weight excluding hydrogens is 328 g/mol. The van der Waals surface area contributed by atoms with Crippen molar-refractivity contribution in [3.05, 3.63) is 62.8 Å². The summed E-state index contributed by atoms with van der Waals surface area (Å²) in [5.41, 5.74) is 2.43. The molecule has 1 amide bonds. The van der Waals surface area contributed by atoms with E-state index in [-0.39, 0.29) is 5.91 Å². The first-order valence-electron chi connectivity index (χ1n) is 5.71. The fourth-order valence-corrected chi connectivity index (χ4v) is 2.15. The average Bonchev–Trinajstić information content (AvgIpc) is 2.40. The molecule has 0 spiro atoms. The van der Waals surface area contributed by atoms with Crippen molar-refractivity contribution in [1.82, 2.24) is 10.3 Å². The number of aryl methyl sites for hydroxylation is 1. The monoisotopic (exact) mass is 338 g/mol. The Morgan fingerprint density at radius 2 is 2.16 bits per heavy atom. The second-order valence-electron chi connectivity index (χ2n) is 4.11. The van der Waals surface area contributed by atoms with Crippen molar-refractivity contribution in [3.63, 3.8) is 0 Å². The van der Waals surface area contributed by atoms with Gasteiger partial charge in [0, 0.05) is 27.9 Å². The Morgan fingerprint density at radius 1 is 1.37 bits per heavy atom. The van der Waals surface area contributed by atoms with E-state index in [0.29, 0.717) is 17.1 Å². The molecule has 0 radical (unpaired) electrons.